The van der Waals surface area contributed by atoms with Crippen molar-refractivity contribution in [1.29, 1.82) is 0 Å². The molecular formula is C18H29N. The van der Waals surface area contributed by atoms with Gasteiger partial charge in [-0.25, -0.2) is 0 Å². The summed E-state index contributed by atoms with van der Waals surface area (Å²) < 4.78 is 0. The van der Waals surface area contributed by atoms with Crippen LogP contribution in [0.4, 0.5) is 0 Å². The maximum absolute atomic E-state index is 5.93. The Balaban J connectivity index is 2.57. The molecule has 0 aromatic carbocycles. The molecule has 0 aromatic rings. The van der Waals surface area contributed by atoms with Crippen molar-refractivity contribution >= 4 is 0 Å². The molecule has 1 aliphatic carbocycles. The van der Waals surface area contributed by atoms with Crippen molar-refractivity contribution in [2.75, 3.05) is 0 Å². The average molecular weight is 259 g/mol. The summed E-state index contributed by atoms with van der Waals surface area (Å²) in [5.74, 6) is 1.30. The Hall–Kier alpha value is -1.24. The Bertz CT molecular complexity index is 392. The van der Waals surface area contributed by atoms with E-state index in [-0.39, 0.29) is 0 Å². The SMILES string of the molecule is C/C=C\C(CC[C@H]1C=CC(CCC)=CC1C)=C(/C)N. The number of hydrogen-bond acceptors (Lipinski definition) is 1. The van der Waals surface area contributed by atoms with E-state index in [2.05, 4.69) is 44.2 Å². The molecular weight excluding hydrogens is 230 g/mol. The lowest BCUT2D eigenvalue weighted by Crippen LogP contribution is -2.12. The van der Waals surface area contributed by atoms with E-state index in [0.29, 0.717) is 11.8 Å². The number of nitrogens with two attached hydrogens (primary N) is 1. The third-order valence-electron chi connectivity index (χ3n) is 3.87. The van der Waals surface area contributed by atoms with Gasteiger partial charge in [0, 0.05) is 5.70 Å². The van der Waals surface area contributed by atoms with E-state index in [4.69, 9.17) is 5.73 Å². The average Bonchev–Trinajstić information content (AvgIpc) is 2.36. The second-order valence-corrected chi connectivity index (χ2v) is 5.62. The van der Waals surface area contributed by atoms with Gasteiger partial charge in [-0.1, -0.05) is 56.2 Å². The molecule has 0 heterocycles. The lowest BCUT2D eigenvalue weighted by Gasteiger charge is -2.23. The molecule has 106 valence electrons. The topological polar surface area (TPSA) is 26.0 Å². The summed E-state index contributed by atoms with van der Waals surface area (Å²) in [6.07, 6.45) is 16.1. The first-order valence-electron chi connectivity index (χ1n) is 7.55. The molecule has 0 aliphatic heterocycles. The molecule has 0 fully saturated rings. The van der Waals surface area contributed by atoms with Gasteiger partial charge >= 0.3 is 0 Å². The van der Waals surface area contributed by atoms with Crippen LogP contribution in [0.1, 0.15) is 53.4 Å². The molecule has 0 aromatic heterocycles. The van der Waals surface area contributed by atoms with Crippen LogP contribution in [0.15, 0.2) is 47.2 Å². The van der Waals surface area contributed by atoms with Crippen LogP contribution in [0.25, 0.3) is 0 Å². The Morgan fingerprint density at radius 2 is 2.16 bits per heavy atom. The fourth-order valence-corrected chi connectivity index (χ4v) is 2.69. The van der Waals surface area contributed by atoms with E-state index in [1.165, 1.54) is 30.4 Å². The lowest BCUT2D eigenvalue weighted by molar-refractivity contribution is 0.467. The first-order chi connectivity index (χ1) is 9.08. The van der Waals surface area contributed by atoms with Gasteiger partial charge in [0.2, 0.25) is 0 Å². The summed E-state index contributed by atoms with van der Waals surface area (Å²) in [6, 6.07) is 0. The Morgan fingerprint density at radius 3 is 2.68 bits per heavy atom. The molecule has 1 unspecified atom stereocenters. The maximum Gasteiger partial charge on any atom is 0.00813 e. The highest BCUT2D eigenvalue weighted by Crippen LogP contribution is 2.29. The second kappa shape index (κ2) is 8.04. The largest absolute Gasteiger partial charge is 0.402 e. The molecule has 1 aliphatic rings. The van der Waals surface area contributed by atoms with Gasteiger partial charge < -0.3 is 5.73 Å². The first-order valence-corrected chi connectivity index (χ1v) is 7.55. The first kappa shape index (κ1) is 15.8. The Labute approximate surface area is 119 Å². The highest BCUT2D eigenvalue weighted by molar-refractivity contribution is 5.26. The van der Waals surface area contributed by atoms with Crippen LogP contribution in [0.3, 0.4) is 0 Å². The predicted octanol–water partition coefficient (Wildman–Crippen LogP) is 5.12. The molecule has 2 atom stereocenters. The summed E-state index contributed by atoms with van der Waals surface area (Å²) in [5, 5.41) is 0. The minimum atomic E-state index is 0.650. The quantitative estimate of drug-likeness (QED) is 0.658. The molecule has 0 saturated heterocycles. The third kappa shape index (κ3) is 5.10. The van der Waals surface area contributed by atoms with Gasteiger partial charge in [0.25, 0.3) is 0 Å². The molecule has 2 N–H and O–H groups in total. The van der Waals surface area contributed by atoms with Crippen molar-refractivity contribution in [3.63, 3.8) is 0 Å². The van der Waals surface area contributed by atoms with Crippen LogP contribution in [0.2, 0.25) is 0 Å². The smallest absolute Gasteiger partial charge is 0.00813 e. The summed E-state index contributed by atoms with van der Waals surface area (Å²) in [6.45, 7) is 8.61. The molecule has 19 heavy (non-hydrogen) atoms. The van der Waals surface area contributed by atoms with Crippen LogP contribution in [-0.4, -0.2) is 0 Å². The van der Waals surface area contributed by atoms with E-state index in [1.807, 2.05) is 13.8 Å². The zero-order valence-corrected chi connectivity index (χ0v) is 12.9. The minimum Gasteiger partial charge on any atom is -0.402 e. The van der Waals surface area contributed by atoms with Crippen molar-refractivity contribution in [1.82, 2.24) is 0 Å². The monoisotopic (exact) mass is 259 g/mol. The molecule has 0 saturated carbocycles. The standard InChI is InChI=1S/C18H29N/c1-5-7-16-9-10-17(14(3)13-16)11-12-18(8-6-2)15(4)19/h6,8-10,13-14,17H,5,7,11-12,19H2,1-4H3/b8-6-,18-15-/t14?,17-/m1/s1. The molecule has 1 nitrogen and oxygen atoms in total. The molecule has 0 radical (unpaired) electrons. The van der Waals surface area contributed by atoms with Gasteiger partial charge in [-0.15, -0.1) is 0 Å². The second-order valence-electron chi connectivity index (χ2n) is 5.62. The van der Waals surface area contributed by atoms with Crippen LogP contribution >= 0.6 is 0 Å². The normalized spacial score (nSPS) is 24.5. The fraction of sp³-hybridized carbons (Fsp3) is 0.556. The highest BCUT2D eigenvalue weighted by atomic mass is 14.6. The third-order valence-corrected chi connectivity index (χ3v) is 3.87. The summed E-state index contributed by atoms with van der Waals surface area (Å²) in [5.41, 5.74) is 9.67. The van der Waals surface area contributed by atoms with Gasteiger partial charge in [0.15, 0.2) is 0 Å². The summed E-state index contributed by atoms with van der Waals surface area (Å²) in [4.78, 5) is 0. The molecule has 1 heteroatoms. The van der Waals surface area contributed by atoms with Crippen molar-refractivity contribution < 1.29 is 0 Å². The van der Waals surface area contributed by atoms with E-state index in [9.17, 15) is 0 Å². The fourth-order valence-electron chi connectivity index (χ4n) is 2.69. The predicted molar refractivity (Wildman–Crippen MR) is 85.7 cm³/mol. The molecule has 0 bridgehead atoms. The van der Waals surface area contributed by atoms with Crippen LogP contribution < -0.4 is 5.73 Å². The number of hydrogen-bond donors (Lipinski definition) is 1. The van der Waals surface area contributed by atoms with Gasteiger partial charge in [-0.05, 0) is 50.5 Å². The van der Waals surface area contributed by atoms with E-state index < -0.39 is 0 Å². The van der Waals surface area contributed by atoms with Crippen molar-refractivity contribution in [2.45, 2.75) is 53.4 Å². The van der Waals surface area contributed by atoms with Crippen LogP contribution in [0.5, 0.6) is 0 Å². The van der Waals surface area contributed by atoms with Crippen LogP contribution in [0, 0.1) is 11.8 Å². The van der Waals surface area contributed by atoms with Crippen molar-refractivity contribution in [3.8, 4) is 0 Å². The van der Waals surface area contributed by atoms with Crippen molar-refractivity contribution in [2.24, 2.45) is 17.6 Å². The summed E-state index contributed by atoms with van der Waals surface area (Å²) >= 11 is 0. The highest BCUT2D eigenvalue weighted by Gasteiger charge is 2.16. The van der Waals surface area contributed by atoms with Gasteiger partial charge in [0.05, 0.1) is 0 Å². The van der Waals surface area contributed by atoms with E-state index in [1.54, 1.807) is 0 Å². The van der Waals surface area contributed by atoms with Gasteiger partial charge in [0.1, 0.15) is 0 Å². The van der Waals surface area contributed by atoms with Crippen molar-refractivity contribution in [3.05, 3.63) is 47.2 Å². The van der Waals surface area contributed by atoms with Crippen LogP contribution in [-0.2, 0) is 0 Å². The number of allylic oxidation sites excluding steroid dienone is 8. The summed E-state index contributed by atoms with van der Waals surface area (Å²) in [7, 11) is 0. The maximum atomic E-state index is 5.93. The van der Waals surface area contributed by atoms with E-state index in [0.717, 1.165) is 12.1 Å². The van der Waals surface area contributed by atoms with E-state index >= 15 is 0 Å². The molecule has 0 spiro atoms. The zero-order valence-electron chi connectivity index (χ0n) is 12.9. The van der Waals surface area contributed by atoms with Gasteiger partial charge in [-0.2, -0.15) is 0 Å². The molecule has 0 amide bonds. The lowest BCUT2D eigenvalue weighted by atomic mass is 9.82. The molecule has 1 rings (SSSR count). The zero-order chi connectivity index (χ0) is 14.3. The Kier molecular flexibility index (Phi) is 6.69. The number of rotatable bonds is 6. The Morgan fingerprint density at radius 1 is 1.42 bits per heavy atom. The minimum absolute atomic E-state index is 0.650. The van der Waals surface area contributed by atoms with Gasteiger partial charge in [-0.3, -0.25) is 0 Å².